The predicted octanol–water partition coefficient (Wildman–Crippen LogP) is 12.1. The van der Waals surface area contributed by atoms with Crippen LogP contribution in [-0.4, -0.2) is 122 Å². The quantitative estimate of drug-likeness (QED) is 0.189. The molecular weight excluding hydrogens is 1060 g/mol. The van der Waals surface area contributed by atoms with Crippen molar-refractivity contribution < 1.29 is 74.2 Å². The van der Waals surface area contributed by atoms with Crippen molar-refractivity contribution >= 4 is 54.1 Å². The van der Waals surface area contributed by atoms with E-state index in [0.29, 0.717) is 60.2 Å². The highest BCUT2D eigenvalue weighted by Gasteiger charge is 2.55. The molecule has 3 aromatic rings. The van der Waals surface area contributed by atoms with Crippen molar-refractivity contribution in [3.63, 3.8) is 0 Å². The Morgan fingerprint density at radius 1 is 0.494 bits per heavy atom. The molecule has 3 saturated heterocycles. The van der Waals surface area contributed by atoms with E-state index in [2.05, 4.69) is 49.7 Å². The third-order valence-electron chi connectivity index (χ3n) is 14.8. The Balaban J connectivity index is 0.000000183. The summed E-state index contributed by atoms with van der Waals surface area (Å²) in [5, 5.41) is 0. The summed E-state index contributed by atoms with van der Waals surface area (Å²) < 4.78 is 113. The fourth-order valence-electron chi connectivity index (χ4n) is 8.04. The van der Waals surface area contributed by atoms with Crippen molar-refractivity contribution in [2.75, 3.05) is 61.0 Å². The van der Waals surface area contributed by atoms with Crippen molar-refractivity contribution in [3.05, 3.63) is 105 Å². The molecule has 0 saturated carbocycles. The van der Waals surface area contributed by atoms with Gasteiger partial charge in [-0.05, 0) is 180 Å². The number of benzene rings is 3. The minimum atomic E-state index is -0.789. The average molecular weight is 1140 g/mol. The number of ether oxygens (including phenoxy) is 6. The summed E-state index contributed by atoms with van der Waals surface area (Å²) in [6.07, 6.45) is 8.66. The number of hydrogen-bond acceptors (Lipinski definition) is 13. The van der Waals surface area contributed by atoms with Gasteiger partial charge in [0.25, 0.3) is 0 Å². The molecule has 0 aromatic heterocycles. The van der Waals surface area contributed by atoms with Gasteiger partial charge in [0.15, 0.2) is 0 Å². The molecule has 0 bridgehead atoms. The van der Waals surface area contributed by atoms with Crippen LogP contribution in [0.4, 0.5) is 13.2 Å². The van der Waals surface area contributed by atoms with E-state index in [9.17, 15) is 13.2 Å². The number of halogens is 4. The first-order chi connectivity index (χ1) is 35.9. The van der Waals surface area contributed by atoms with Gasteiger partial charge in [0.2, 0.25) is 0 Å². The Kier molecular flexibility index (Phi) is 22.7. The largest absolute Gasteiger partial charge is 0.640 e. The van der Waals surface area contributed by atoms with Crippen LogP contribution < -0.4 is 19.7 Å². The first-order valence-corrected chi connectivity index (χ1v) is 27.0. The first kappa shape index (κ1) is 64.2. The van der Waals surface area contributed by atoms with Gasteiger partial charge in [-0.15, -0.1) is 0 Å². The van der Waals surface area contributed by atoms with E-state index in [0.717, 1.165) is 48.1 Å². The Morgan fingerprint density at radius 2 is 0.922 bits per heavy atom. The molecular formula is C57H81B3BrF3O13. The Bertz CT molecular complexity index is 2470. The smallest absolute Gasteiger partial charge is 0.497 e. The lowest BCUT2D eigenvalue weighted by Gasteiger charge is -2.32. The highest BCUT2D eigenvalue weighted by Crippen LogP contribution is 2.41. The maximum absolute atomic E-state index is 14.9. The van der Waals surface area contributed by atoms with E-state index in [1.165, 1.54) is 57.1 Å². The summed E-state index contributed by atoms with van der Waals surface area (Å²) in [4.78, 5) is 0. The summed E-state index contributed by atoms with van der Waals surface area (Å²) in [6.45, 7) is 32.0. The van der Waals surface area contributed by atoms with Crippen LogP contribution >= 0.6 is 15.9 Å². The topological polar surface area (TPSA) is 120 Å². The Hall–Kier alpha value is -3.66. The van der Waals surface area contributed by atoms with Crippen molar-refractivity contribution in [2.24, 2.45) is 0 Å². The normalized spacial score (nSPS) is 21.3. The molecule has 3 fully saturated rings. The summed E-state index contributed by atoms with van der Waals surface area (Å²) >= 11 is 3.13. The predicted molar refractivity (Wildman–Crippen MR) is 301 cm³/mol. The molecule has 0 unspecified atom stereocenters. The third-order valence-corrected chi connectivity index (χ3v) is 15.3. The van der Waals surface area contributed by atoms with E-state index in [1.807, 2.05) is 93.5 Å². The van der Waals surface area contributed by atoms with E-state index in [1.54, 1.807) is 6.07 Å². The highest BCUT2D eigenvalue weighted by atomic mass is 79.9. The summed E-state index contributed by atoms with van der Waals surface area (Å²) in [5.74, 6) is 0.568. The van der Waals surface area contributed by atoms with Crippen molar-refractivity contribution in [3.8, 4) is 17.2 Å². The van der Waals surface area contributed by atoms with E-state index in [4.69, 9.17) is 61.0 Å². The molecule has 0 N–H and O–H groups in total. The molecule has 20 heteroatoms. The average Bonchev–Trinajstić information content (AvgIpc) is 3.82. The van der Waals surface area contributed by atoms with Crippen LogP contribution in [0.1, 0.15) is 127 Å². The Morgan fingerprint density at radius 3 is 1.34 bits per heavy atom. The summed E-state index contributed by atoms with van der Waals surface area (Å²) in [6, 6.07) is 12.5. The zero-order valence-corrected chi connectivity index (χ0v) is 49.9. The number of rotatable bonds is 9. The van der Waals surface area contributed by atoms with Gasteiger partial charge in [0.1, 0.15) is 34.7 Å². The minimum Gasteiger partial charge on any atom is -0.497 e. The molecule has 0 spiro atoms. The van der Waals surface area contributed by atoms with Crippen molar-refractivity contribution in [1.29, 1.82) is 0 Å². The molecule has 6 heterocycles. The van der Waals surface area contributed by atoms with Gasteiger partial charge in [-0.3, -0.25) is 0 Å². The van der Waals surface area contributed by atoms with Crippen LogP contribution in [0.2, 0.25) is 0 Å². The third kappa shape index (κ3) is 17.4. The fourth-order valence-corrected chi connectivity index (χ4v) is 8.49. The zero-order chi connectivity index (χ0) is 57.1. The van der Waals surface area contributed by atoms with Gasteiger partial charge < -0.3 is 61.0 Å². The van der Waals surface area contributed by atoms with Gasteiger partial charge in [-0.2, -0.15) is 0 Å². The second-order valence-corrected chi connectivity index (χ2v) is 23.3. The molecule has 9 rings (SSSR count). The van der Waals surface area contributed by atoms with Crippen LogP contribution in [0.3, 0.4) is 0 Å². The molecule has 424 valence electrons. The van der Waals surface area contributed by atoms with Crippen LogP contribution in [0.15, 0.2) is 76.7 Å². The van der Waals surface area contributed by atoms with Crippen LogP contribution in [-0.2, 0) is 46.8 Å². The van der Waals surface area contributed by atoms with Crippen molar-refractivity contribution in [2.45, 2.75) is 156 Å². The van der Waals surface area contributed by atoms with Gasteiger partial charge >= 0.3 is 21.6 Å². The second-order valence-electron chi connectivity index (χ2n) is 22.4. The van der Waals surface area contributed by atoms with Gasteiger partial charge in [0, 0.05) is 22.7 Å². The molecule has 0 radical (unpaired) electrons. The highest BCUT2D eigenvalue weighted by molar-refractivity contribution is 9.10. The van der Waals surface area contributed by atoms with Gasteiger partial charge in [-0.25, -0.2) is 13.2 Å². The fraction of sp³-hybridized carbons (Fsp3) is 0.579. The standard InChI is InChI=1S/C18H24BFO4.C12H13FO2.C11H19BO3.C9H19BO3.C7H6BrFO/c1-17(2)18(3,4)24-19(23-17)16-14(20)10-13(11-15(16)21-5)12-6-8-22-9-7-12;1-14-12-7-10(6-11(13)8-12)9-2-4-15-5-3-9;1-10(2)11(3,4)15-12(14-10)9-5-7-13-8-6-9;1-7(2)11-10-12-8(3,4)9(5,6)13-10;1-10-7-3-5(8)2-6(9)4-7/h6,10-11H,7-9H2,1-5H3;2,6-8H,3-5H2,1H3;5H,6-8H2,1-4H3;7H,1-6H3;2-4H,1H3. The van der Waals surface area contributed by atoms with Crippen LogP contribution in [0.25, 0.3) is 11.1 Å². The lowest BCUT2D eigenvalue weighted by molar-refractivity contribution is 0.00578. The van der Waals surface area contributed by atoms with Gasteiger partial charge in [0.05, 0.1) is 100 Å². The van der Waals surface area contributed by atoms with Crippen molar-refractivity contribution in [1.82, 2.24) is 0 Å². The molecule has 13 nitrogen and oxygen atoms in total. The summed E-state index contributed by atoms with van der Waals surface area (Å²) in [7, 11) is 3.08. The molecule has 0 aliphatic carbocycles. The number of methoxy groups -OCH3 is 3. The maximum atomic E-state index is 14.9. The first-order valence-electron chi connectivity index (χ1n) is 26.2. The number of hydrogen-bond donors (Lipinski definition) is 0. The van der Waals surface area contributed by atoms with Crippen LogP contribution in [0, 0.1) is 17.5 Å². The van der Waals surface area contributed by atoms with Gasteiger partial charge in [-0.1, -0.05) is 34.2 Å². The lowest BCUT2D eigenvalue weighted by Crippen LogP contribution is -2.41. The monoisotopic (exact) mass is 1140 g/mol. The molecule has 77 heavy (non-hydrogen) atoms. The summed E-state index contributed by atoms with van der Waals surface area (Å²) in [5.41, 5.74) is 3.29. The second kappa shape index (κ2) is 27.2. The van der Waals surface area contributed by atoms with Crippen LogP contribution in [0.5, 0.6) is 17.2 Å². The van der Waals surface area contributed by atoms with E-state index in [-0.39, 0.29) is 53.1 Å². The molecule has 0 amide bonds. The molecule has 0 atom stereocenters. The SMILES string of the molecule is CC(C)OB1OC(C)(C)C(C)(C)O1.CC1(C)OB(C2=CCOCC2)OC1(C)C.COc1cc(C2=CCOCC2)cc(F)c1B1OC(C)(C)C(C)(C)O1.COc1cc(F)cc(Br)c1.COc1cc(F)cc(C2=CCOCC2)c1. The lowest BCUT2D eigenvalue weighted by atomic mass is 9.75. The minimum absolute atomic E-state index is 0.120. The van der Waals surface area contributed by atoms with E-state index < -0.39 is 25.6 Å². The molecule has 3 aromatic carbocycles. The molecule has 6 aliphatic rings. The Labute approximate surface area is 465 Å². The molecule has 6 aliphatic heterocycles. The maximum Gasteiger partial charge on any atom is 0.640 e. The van der Waals surface area contributed by atoms with E-state index >= 15 is 0 Å². The zero-order valence-electron chi connectivity index (χ0n) is 48.3.